The predicted octanol–water partition coefficient (Wildman–Crippen LogP) is 3.25. The molecular weight excluding hydrogens is 489 g/mol. The maximum absolute atomic E-state index is 15.0. The fraction of sp³-hybridized carbons (Fsp3) is 0.440. The van der Waals surface area contributed by atoms with Gasteiger partial charge in [0.25, 0.3) is 5.92 Å². The number of aromatic nitrogens is 3. The van der Waals surface area contributed by atoms with Gasteiger partial charge in [-0.05, 0) is 32.4 Å². The molecule has 0 saturated carbocycles. The number of nitrogens with one attached hydrogen (secondary N) is 1. The van der Waals surface area contributed by atoms with Gasteiger partial charge in [-0.15, -0.1) is 5.10 Å². The summed E-state index contributed by atoms with van der Waals surface area (Å²) in [6.45, 7) is 3.40. The molecule has 0 aliphatic carbocycles. The van der Waals surface area contributed by atoms with Crippen LogP contribution in [-0.4, -0.2) is 68.5 Å². The highest BCUT2D eigenvalue weighted by Crippen LogP contribution is 2.37. The minimum atomic E-state index is -3.72. The normalized spacial score (nSPS) is 18.9. The van der Waals surface area contributed by atoms with Gasteiger partial charge in [0.05, 0.1) is 17.3 Å². The number of alkyl halides is 2. The summed E-state index contributed by atoms with van der Waals surface area (Å²) in [6, 6.07) is 4.64. The maximum Gasteiger partial charge on any atom is 0.298 e. The second-order valence-corrected chi connectivity index (χ2v) is 9.52. The minimum Gasteiger partial charge on any atom is -0.492 e. The summed E-state index contributed by atoms with van der Waals surface area (Å²) in [6.07, 6.45) is 1.27. The molecule has 3 aromatic rings. The van der Waals surface area contributed by atoms with E-state index in [1.807, 2.05) is 9.80 Å². The number of fused-ring (bicyclic) bond motifs is 2. The predicted molar refractivity (Wildman–Crippen MR) is 130 cm³/mol. The van der Waals surface area contributed by atoms with Crippen molar-refractivity contribution in [2.24, 2.45) is 0 Å². The number of amides is 1. The van der Waals surface area contributed by atoms with Gasteiger partial charge in [-0.2, -0.15) is 13.9 Å². The maximum atomic E-state index is 15.0. The first-order valence-electron chi connectivity index (χ1n) is 12.1. The molecule has 9 nitrogen and oxygen atoms in total. The number of anilines is 2. The van der Waals surface area contributed by atoms with Crippen molar-refractivity contribution in [3.05, 3.63) is 46.9 Å². The monoisotopic (exact) mass is 516 g/mol. The third-order valence-corrected chi connectivity index (χ3v) is 7.16. The van der Waals surface area contributed by atoms with Crippen molar-refractivity contribution in [3.63, 3.8) is 0 Å². The first kappa shape index (κ1) is 25.0. The Kier molecular flexibility index (Phi) is 6.30. The fourth-order valence-electron chi connectivity index (χ4n) is 5.13. The van der Waals surface area contributed by atoms with E-state index in [2.05, 4.69) is 20.5 Å². The van der Waals surface area contributed by atoms with E-state index in [1.165, 1.54) is 12.1 Å². The van der Waals surface area contributed by atoms with Crippen molar-refractivity contribution < 1.29 is 28.2 Å². The zero-order valence-corrected chi connectivity index (χ0v) is 20.4. The lowest BCUT2D eigenvalue weighted by Crippen LogP contribution is -2.51. The Labute approximate surface area is 210 Å². The van der Waals surface area contributed by atoms with Crippen LogP contribution in [0.1, 0.15) is 42.6 Å². The number of hydrogen-bond acceptors (Lipinski definition) is 8. The summed E-state index contributed by atoms with van der Waals surface area (Å²) in [5.74, 6) is -4.63. The van der Waals surface area contributed by atoms with Crippen molar-refractivity contribution >= 4 is 28.3 Å². The molecule has 0 bridgehead atoms. The number of halogens is 3. The summed E-state index contributed by atoms with van der Waals surface area (Å²) >= 11 is 0. The van der Waals surface area contributed by atoms with Crippen LogP contribution in [0.3, 0.4) is 0 Å². The lowest BCUT2D eigenvalue weighted by atomic mass is 10.00. The van der Waals surface area contributed by atoms with E-state index in [0.29, 0.717) is 48.3 Å². The Morgan fingerprint density at radius 3 is 2.81 bits per heavy atom. The SMILES string of the molecule is Cc1nnc(N[C@H](C)c2cccc(C(F)(F)CO)c2F)c2cc(N3CCN4C(=O)CC[C@@H]4C3)c(O)nc12. The van der Waals surface area contributed by atoms with Crippen LogP contribution in [-0.2, 0) is 10.7 Å². The van der Waals surface area contributed by atoms with E-state index in [9.17, 15) is 18.7 Å². The van der Waals surface area contributed by atoms with Crippen molar-refractivity contribution in [1.29, 1.82) is 0 Å². The van der Waals surface area contributed by atoms with Gasteiger partial charge in [0.15, 0.2) is 5.82 Å². The van der Waals surface area contributed by atoms with Gasteiger partial charge in [0, 0.05) is 43.0 Å². The van der Waals surface area contributed by atoms with Crippen LogP contribution in [0.5, 0.6) is 5.88 Å². The molecule has 2 fully saturated rings. The van der Waals surface area contributed by atoms with Crippen molar-refractivity contribution in [3.8, 4) is 5.88 Å². The number of carbonyl (C=O) groups excluding carboxylic acids is 1. The molecule has 0 radical (unpaired) electrons. The smallest absolute Gasteiger partial charge is 0.298 e. The van der Waals surface area contributed by atoms with Gasteiger partial charge in [-0.25, -0.2) is 9.37 Å². The van der Waals surface area contributed by atoms with E-state index in [0.717, 1.165) is 12.5 Å². The van der Waals surface area contributed by atoms with E-state index in [-0.39, 0.29) is 29.2 Å². The molecule has 1 amide bonds. The quantitative estimate of drug-likeness (QED) is 0.458. The van der Waals surface area contributed by atoms with Gasteiger partial charge in [0.2, 0.25) is 11.8 Å². The topological polar surface area (TPSA) is 115 Å². The average Bonchev–Trinajstić information content (AvgIpc) is 3.25. The molecule has 5 rings (SSSR count). The van der Waals surface area contributed by atoms with E-state index < -0.39 is 30.0 Å². The van der Waals surface area contributed by atoms with Gasteiger partial charge >= 0.3 is 0 Å². The highest BCUT2D eigenvalue weighted by atomic mass is 19.3. The molecule has 1 aromatic carbocycles. The zero-order valence-electron chi connectivity index (χ0n) is 20.4. The number of aryl methyl sites for hydroxylation is 1. The Balaban J connectivity index is 1.49. The van der Waals surface area contributed by atoms with Crippen LogP contribution in [0.25, 0.3) is 10.9 Å². The lowest BCUT2D eigenvalue weighted by Gasteiger charge is -2.38. The Bertz CT molecular complexity index is 1370. The molecule has 2 aliphatic rings. The van der Waals surface area contributed by atoms with Gasteiger partial charge in [-0.1, -0.05) is 12.1 Å². The molecule has 0 unspecified atom stereocenters. The molecule has 2 atom stereocenters. The number of hydrogen-bond donors (Lipinski definition) is 3. The standard InChI is InChI=1S/C25H27F3N6O3/c1-13(16-4-3-5-18(21(16)26)25(27,28)12-35)29-23-17-10-19(24(37)30-22(17)14(2)31-32-23)33-8-9-34-15(11-33)6-7-20(34)36/h3-5,10,13,15,35H,6-9,11-12H2,1-2H3,(H,29,32)(H,30,37)/t13-,15-/m1/s1. The highest BCUT2D eigenvalue weighted by Gasteiger charge is 2.37. The second kappa shape index (κ2) is 9.33. The Morgan fingerprint density at radius 1 is 1.27 bits per heavy atom. The van der Waals surface area contributed by atoms with Crippen LogP contribution in [0, 0.1) is 12.7 Å². The molecule has 0 spiro atoms. The highest BCUT2D eigenvalue weighted by molar-refractivity contribution is 5.93. The summed E-state index contributed by atoms with van der Waals surface area (Å²) in [7, 11) is 0. The van der Waals surface area contributed by atoms with E-state index in [1.54, 1.807) is 19.9 Å². The molecular formula is C25H27F3N6O3. The number of carbonyl (C=O) groups is 1. The second-order valence-electron chi connectivity index (χ2n) is 9.52. The number of rotatable bonds is 6. The van der Waals surface area contributed by atoms with E-state index >= 15 is 4.39 Å². The first-order chi connectivity index (χ1) is 17.6. The van der Waals surface area contributed by atoms with Crippen LogP contribution in [0.4, 0.5) is 24.7 Å². The average molecular weight is 517 g/mol. The first-order valence-corrected chi connectivity index (χ1v) is 12.1. The van der Waals surface area contributed by atoms with Crippen LogP contribution < -0.4 is 10.2 Å². The van der Waals surface area contributed by atoms with Crippen molar-refractivity contribution in [1.82, 2.24) is 20.1 Å². The van der Waals surface area contributed by atoms with Crippen molar-refractivity contribution in [2.75, 3.05) is 36.5 Å². The number of aromatic hydroxyl groups is 1. The number of pyridine rings is 1. The molecule has 3 N–H and O–H groups in total. The third-order valence-electron chi connectivity index (χ3n) is 7.16. The van der Waals surface area contributed by atoms with E-state index in [4.69, 9.17) is 5.11 Å². The van der Waals surface area contributed by atoms with Crippen LogP contribution in [0.15, 0.2) is 24.3 Å². The number of aliphatic hydroxyl groups is 1. The Hall–Kier alpha value is -3.67. The van der Waals surface area contributed by atoms with Crippen LogP contribution >= 0.6 is 0 Å². The number of aliphatic hydroxyl groups excluding tert-OH is 1. The number of nitrogens with zero attached hydrogens (tertiary/aromatic N) is 5. The molecule has 2 saturated heterocycles. The summed E-state index contributed by atoms with van der Waals surface area (Å²) in [5, 5.41) is 31.6. The fourth-order valence-corrected chi connectivity index (χ4v) is 5.13. The lowest BCUT2D eigenvalue weighted by molar-refractivity contribution is -0.129. The number of piperazine rings is 1. The summed E-state index contributed by atoms with van der Waals surface area (Å²) in [4.78, 5) is 20.3. The molecule has 4 heterocycles. The van der Waals surface area contributed by atoms with Crippen LogP contribution in [0.2, 0.25) is 0 Å². The summed E-state index contributed by atoms with van der Waals surface area (Å²) in [5.41, 5.74) is 0.415. The summed E-state index contributed by atoms with van der Waals surface area (Å²) < 4.78 is 43.1. The van der Waals surface area contributed by atoms with Gasteiger partial charge in [0.1, 0.15) is 23.6 Å². The number of benzene rings is 1. The molecule has 12 heteroatoms. The van der Waals surface area contributed by atoms with Gasteiger partial charge < -0.3 is 25.3 Å². The molecule has 2 aliphatic heterocycles. The Morgan fingerprint density at radius 2 is 2.05 bits per heavy atom. The van der Waals surface area contributed by atoms with Gasteiger partial charge in [-0.3, -0.25) is 4.79 Å². The third kappa shape index (κ3) is 4.39. The molecule has 196 valence electrons. The molecule has 2 aromatic heterocycles. The molecule has 37 heavy (non-hydrogen) atoms. The van der Waals surface area contributed by atoms with Crippen molar-refractivity contribution in [2.45, 2.75) is 44.7 Å². The largest absolute Gasteiger partial charge is 0.492 e. The zero-order chi connectivity index (χ0) is 26.5. The minimum absolute atomic E-state index is 0.0323.